The summed E-state index contributed by atoms with van der Waals surface area (Å²) in [7, 11) is 0. The van der Waals surface area contributed by atoms with Gasteiger partial charge in [-0.15, -0.1) is 0 Å². The molecule has 0 aliphatic heterocycles. The van der Waals surface area contributed by atoms with E-state index in [4.69, 9.17) is 15.6 Å². The molecule has 158 valence electrons. The SMILES string of the molecule is Nc1cccc(-c2cc3nccc(-c4ccc(OC(F)F)c(OCC5CC5)c4)n3n2)c1. The van der Waals surface area contributed by atoms with Gasteiger partial charge in [-0.25, -0.2) is 9.50 Å². The summed E-state index contributed by atoms with van der Waals surface area (Å²) >= 11 is 0. The average Bonchev–Trinajstić information content (AvgIpc) is 3.48. The maximum absolute atomic E-state index is 12.8. The molecule has 1 aliphatic rings. The number of fused-ring (bicyclic) bond motifs is 1. The Hall–Kier alpha value is -3.68. The number of nitrogens with two attached hydrogens (primary N) is 1. The van der Waals surface area contributed by atoms with Crippen LogP contribution in [0, 0.1) is 5.92 Å². The van der Waals surface area contributed by atoms with Gasteiger partial charge in [-0.2, -0.15) is 13.9 Å². The Morgan fingerprint density at radius 1 is 1.03 bits per heavy atom. The normalized spacial score (nSPS) is 13.6. The summed E-state index contributed by atoms with van der Waals surface area (Å²) in [5.41, 5.74) is 10.3. The van der Waals surface area contributed by atoms with Crippen LogP contribution < -0.4 is 15.2 Å². The zero-order valence-electron chi connectivity index (χ0n) is 16.5. The van der Waals surface area contributed by atoms with E-state index < -0.39 is 6.61 Å². The minimum atomic E-state index is -2.92. The second-order valence-corrected chi connectivity index (χ2v) is 7.55. The highest BCUT2D eigenvalue weighted by Crippen LogP contribution is 2.36. The Morgan fingerprint density at radius 2 is 1.90 bits per heavy atom. The molecular weight excluding hydrogens is 402 g/mol. The molecule has 0 amide bonds. The summed E-state index contributed by atoms with van der Waals surface area (Å²) in [5.74, 6) is 0.783. The molecule has 4 aromatic rings. The molecule has 2 N–H and O–H groups in total. The lowest BCUT2D eigenvalue weighted by atomic mass is 10.1. The van der Waals surface area contributed by atoms with Gasteiger partial charge in [-0.05, 0) is 55.2 Å². The van der Waals surface area contributed by atoms with Crippen LogP contribution in [0.2, 0.25) is 0 Å². The molecule has 1 aliphatic carbocycles. The number of anilines is 1. The highest BCUT2D eigenvalue weighted by Gasteiger charge is 2.23. The number of alkyl halides is 2. The molecule has 31 heavy (non-hydrogen) atoms. The van der Waals surface area contributed by atoms with Crippen LogP contribution in [-0.4, -0.2) is 27.8 Å². The van der Waals surface area contributed by atoms with Crippen molar-refractivity contribution in [1.82, 2.24) is 14.6 Å². The van der Waals surface area contributed by atoms with Gasteiger partial charge in [0.2, 0.25) is 0 Å². The van der Waals surface area contributed by atoms with Crippen LogP contribution in [0.5, 0.6) is 11.5 Å². The number of aromatic nitrogens is 3. The molecule has 2 heterocycles. The van der Waals surface area contributed by atoms with E-state index >= 15 is 0 Å². The molecule has 0 unspecified atom stereocenters. The number of halogens is 2. The van der Waals surface area contributed by atoms with E-state index in [9.17, 15) is 8.78 Å². The van der Waals surface area contributed by atoms with E-state index in [-0.39, 0.29) is 11.5 Å². The average molecular weight is 422 g/mol. The molecule has 8 heteroatoms. The molecular formula is C23H20F2N4O2. The van der Waals surface area contributed by atoms with Gasteiger partial charge >= 0.3 is 6.61 Å². The maximum Gasteiger partial charge on any atom is 0.387 e. The van der Waals surface area contributed by atoms with Gasteiger partial charge in [0.05, 0.1) is 18.0 Å². The quantitative estimate of drug-likeness (QED) is 0.423. The number of hydrogen-bond donors (Lipinski definition) is 1. The molecule has 5 rings (SSSR count). The van der Waals surface area contributed by atoms with Gasteiger partial charge in [0, 0.05) is 29.1 Å². The van der Waals surface area contributed by atoms with Crippen LogP contribution in [0.4, 0.5) is 14.5 Å². The van der Waals surface area contributed by atoms with Gasteiger partial charge in [-0.3, -0.25) is 0 Å². The smallest absolute Gasteiger partial charge is 0.387 e. The zero-order valence-corrected chi connectivity index (χ0v) is 16.5. The molecule has 0 saturated heterocycles. The zero-order chi connectivity index (χ0) is 21.4. The van der Waals surface area contributed by atoms with E-state index in [2.05, 4.69) is 9.72 Å². The number of hydrogen-bond acceptors (Lipinski definition) is 5. The molecule has 0 atom stereocenters. The Bertz CT molecular complexity index is 1240. The first kappa shape index (κ1) is 19.3. The topological polar surface area (TPSA) is 74.7 Å². The molecule has 1 fully saturated rings. The van der Waals surface area contributed by atoms with Crippen molar-refractivity contribution >= 4 is 11.3 Å². The number of nitrogen functional groups attached to an aromatic ring is 1. The summed E-state index contributed by atoms with van der Waals surface area (Å²) in [5, 5.41) is 4.69. The molecule has 1 saturated carbocycles. The third-order valence-corrected chi connectivity index (χ3v) is 5.17. The molecule has 2 aromatic heterocycles. The summed E-state index contributed by atoms with van der Waals surface area (Å²) in [6, 6.07) is 16.1. The van der Waals surface area contributed by atoms with E-state index in [1.54, 1.807) is 22.8 Å². The first-order valence-corrected chi connectivity index (χ1v) is 9.99. The number of benzene rings is 2. The van der Waals surface area contributed by atoms with E-state index in [1.165, 1.54) is 6.07 Å². The third kappa shape index (κ3) is 4.14. The van der Waals surface area contributed by atoms with Gasteiger partial charge in [-0.1, -0.05) is 12.1 Å². The first-order valence-electron chi connectivity index (χ1n) is 9.99. The van der Waals surface area contributed by atoms with Crippen molar-refractivity contribution in [3.63, 3.8) is 0 Å². The summed E-state index contributed by atoms with van der Waals surface area (Å²) in [6.45, 7) is -2.44. The van der Waals surface area contributed by atoms with Gasteiger partial charge in [0.15, 0.2) is 17.1 Å². The Morgan fingerprint density at radius 3 is 2.68 bits per heavy atom. The number of rotatable bonds is 7. The van der Waals surface area contributed by atoms with Crippen LogP contribution in [0.25, 0.3) is 28.2 Å². The summed E-state index contributed by atoms with van der Waals surface area (Å²) in [4.78, 5) is 4.40. The first-order chi connectivity index (χ1) is 15.1. The van der Waals surface area contributed by atoms with Crippen molar-refractivity contribution in [2.45, 2.75) is 19.5 Å². The second kappa shape index (κ2) is 7.86. The van der Waals surface area contributed by atoms with Gasteiger partial charge in [0.25, 0.3) is 0 Å². The van der Waals surface area contributed by atoms with Crippen LogP contribution in [0.1, 0.15) is 12.8 Å². The highest BCUT2D eigenvalue weighted by atomic mass is 19.3. The van der Waals surface area contributed by atoms with Gasteiger partial charge in [0.1, 0.15) is 0 Å². The fraction of sp³-hybridized carbons (Fsp3) is 0.217. The standard InChI is InChI=1S/C23H20F2N4O2/c24-23(25)31-20-7-6-16(11-21(20)30-13-14-4-5-14)19-8-9-27-22-12-18(28-29(19)22)15-2-1-3-17(26)10-15/h1-3,6-12,14,23H,4-5,13,26H2. The fourth-order valence-electron chi connectivity index (χ4n) is 3.42. The molecule has 0 bridgehead atoms. The predicted molar refractivity (Wildman–Crippen MR) is 113 cm³/mol. The largest absolute Gasteiger partial charge is 0.489 e. The Labute approximate surface area is 177 Å². The van der Waals surface area contributed by atoms with Crippen molar-refractivity contribution in [3.8, 4) is 34.0 Å². The van der Waals surface area contributed by atoms with E-state index in [0.717, 1.165) is 35.4 Å². The van der Waals surface area contributed by atoms with Gasteiger partial charge < -0.3 is 15.2 Å². The van der Waals surface area contributed by atoms with Crippen molar-refractivity contribution in [2.24, 2.45) is 5.92 Å². The van der Waals surface area contributed by atoms with Crippen LogP contribution >= 0.6 is 0 Å². The third-order valence-electron chi connectivity index (χ3n) is 5.17. The lowest BCUT2D eigenvalue weighted by Crippen LogP contribution is -2.06. The fourth-order valence-corrected chi connectivity index (χ4v) is 3.42. The summed E-state index contributed by atoms with van der Waals surface area (Å²) < 4.78 is 37.8. The number of ether oxygens (including phenoxy) is 2. The van der Waals surface area contributed by atoms with Crippen molar-refractivity contribution in [2.75, 3.05) is 12.3 Å². The van der Waals surface area contributed by atoms with E-state index in [0.29, 0.717) is 23.9 Å². The predicted octanol–water partition coefficient (Wildman–Crippen LogP) is 5.04. The molecule has 6 nitrogen and oxygen atoms in total. The Kier molecular flexibility index (Phi) is 4.89. The monoisotopic (exact) mass is 422 g/mol. The molecule has 0 spiro atoms. The maximum atomic E-state index is 12.8. The van der Waals surface area contributed by atoms with Crippen molar-refractivity contribution in [1.29, 1.82) is 0 Å². The molecule has 0 radical (unpaired) electrons. The summed E-state index contributed by atoms with van der Waals surface area (Å²) in [6.07, 6.45) is 3.87. The van der Waals surface area contributed by atoms with Crippen LogP contribution in [-0.2, 0) is 0 Å². The second-order valence-electron chi connectivity index (χ2n) is 7.55. The van der Waals surface area contributed by atoms with Crippen molar-refractivity contribution < 1.29 is 18.3 Å². The minimum Gasteiger partial charge on any atom is -0.489 e. The van der Waals surface area contributed by atoms with Crippen LogP contribution in [0.15, 0.2) is 60.8 Å². The number of nitrogens with zero attached hydrogens (tertiary/aromatic N) is 3. The lowest BCUT2D eigenvalue weighted by molar-refractivity contribution is -0.0515. The van der Waals surface area contributed by atoms with Crippen LogP contribution in [0.3, 0.4) is 0 Å². The van der Waals surface area contributed by atoms with Crippen molar-refractivity contribution in [3.05, 3.63) is 60.8 Å². The highest BCUT2D eigenvalue weighted by molar-refractivity contribution is 5.71. The van der Waals surface area contributed by atoms with E-state index in [1.807, 2.05) is 36.4 Å². The minimum absolute atomic E-state index is 0.0191. The lowest BCUT2D eigenvalue weighted by Gasteiger charge is -2.14. The molecule has 2 aromatic carbocycles. The Balaban J connectivity index is 1.55.